The molecule has 5 nitrogen and oxygen atoms in total. The highest BCUT2D eigenvalue weighted by molar-refractivity contribution is 5.76. The van der Waals surface area contributed by atoms with E-state index < -0.39 is 11.0 Å². The average Bonchev–Trinajstić information content (AvgIpc) is 2.86. The molecule has 2 aromatic carbocycles. The number of aryl methyl sites for hydroxylation is 3. The highest BCUT2D eigenvalue weighted by Gasteiger charge is 2.64. The van der Waals surface area contributed by atoms with E-state index in [1.54, 1.807) is 6.07 Å². The van der Waals surface area contributed by atoms with E-state index in [0.717, 1.165) is 50.8 Å². The second-order valence-corrected chi connectivity index (χ2v) is 11.4. The van der Waals surface area contributed by atoms with Crippen LogP contribution in [0.2, 0.25) is 0 Å². The third-order valence-electron chi connectivity index (χ3n) is 9.62. The second kappa shape index (κ2) is 9.35. The molecule has 3 aliphatic rings. The van der Waals surface area contributed by atoms with E-state index in [9.17, 15) is 15.0 Å². The number of rotatable bonds is 6. The van der Waals surface area contributed by atoms with E-state index in [1.807, 2.05) is 30.2 Å². The normalized spacial score (nSPS) is 29.2. The van der Waals surface area contributed by atoms with Gasteiger partial charge in [-0.1, -0.05) is 30.3 Å². The third-order valence-corrected chi connectivity index (χ3v) is 9.62. The first-order chi connectivity index (χ1) is 17.2. The number of hydrogen-bond donors (Lipinski definition) is 2. The number of aromatic hydroxyl groups is 1. The Balaban J connectivity index is 1.40. The molecule has 4 atom stereocenters. The van der Waals surface area contributed by atoms with Crippen LogP contribution in [-0.4, -0.2) is 63.7 Å². The summed E-state index contributed by atoms with van der Waals surface area (Å²) in [6.07, 6.45) is 6.90. The number of phenolic OH excluding ortho intramolecular Hbond substituents is 1. The number of carbonyl (C=O) groups is 1. The molecule has 2 aromatic rings. The van der Waals surface area contributed by atoms with Gasteiger partial charge in [0.2, 0.25) is 5.91 Å². The van der Waals surface area contributed by atoms with Crippen LogP contribution >= 0.6 is 0 Å². The number of benzene rings is 2. The van der Waals surface area contributed by atoms with Gasteiger partial charge in [-0.15, -0.1) is 6.58 Å². The van der Waals surface area contributed by atoms with Crippen LogP contribution in [-0.2, 0) is 23.1 Å². The molecule has 5 heteroatoms. The van der Waals surface area contributed by atoms with E-state index in [-0.39, 0.29) is 23.7 Å². The largest absolute Gasteiger partial charge is 0.508 e. The van der Waals surface area contributed by atoms with Crippen molar-refractivity contribution >= 4 is 5.91 Å². The molecule has 1 unspecified atom stereocenters. The van der Waals surface area contributed by atoms with Crippen molar-refractivity contribution in [2.45, 2.75) is 81.9 Å². The molecule has 5 rings (SSSR count). The predicted molar refractivity (Wildman–Crippen MR) is 143 cm³/mol. The van der Waals surface area contributed by atoms with E-state index in [0.29, 0.717) is 12.8 Å². The highest BCUT2D eigenvalue weighted by atomic mass is 16.3. The summed E-state index contributed by atoms with van der Waals surface area (Å²) >= 11 is 0. The van der Waals surface area contributed by atoms with Crippen molar-refractivity contribution in [3.05, 3.63) is 76.9 Å². The fourth-order valence-corrected chi connectivity index (χ4v) is 7.38. The van der Waals surface area contributed by atoms with Crippen molar-refractivity contribution in [1.29, 1.82) is 0 Å². The number of nitrogens with zero attached hydrogens (tertiary/aromatic N) is 2. The molecule has 2 fully saturated rings. The fraction of sp³-hybridized carbons (Fsp3) is 0.516. The standard InChI is InChI=1S/C31H40N2O3/c1-5-15-33-16-14-30-20-25(32(4)29(35)11-8-23-7-6-21(2)22(3)17-23)12-13-31(30,36)28(33)18-24-9-10-26(34)19-27(24)30/h5-7,9-10,17,19,25,28,34,36H,1,8,11-16,18,20H2,2-4H3/t25?,28-,30-,31-/m1/s1. The van der Waals surface area contributed by atoms with Gasteiger partial charge in [0.1, 0.15) is 5.75 Å². The minimum Gasteiger partial charge on any atom is -0.508 e. The van der Waals surface area contributed by atoms with Gasteiger partial charge in [-0.2, -0.15) is 0 Å². The lowest BCUT2D eigenvalue weighted by Crippen LogP contribution is -2.74. The van der Waals surface area contributed by atoms with E-state index in [4.69, 9.17) is 0 Å². The quantitative estimate of drug-likeness (QED) is 0.590. The number of piperidine rings is 1. The molecule has 1 saturated heterocycles. The van der Waals surface area contributed by atoms with Gasteiger partial charge in [0.15, 0.2) is 0 Å². The number of hydrogen-bond acceptors (Lipinski definition) is 4. The molecular formula is C31H40N2O3. The molecule has 36 heavy (non-hydrogen) atoms. The lowest BCUT2D eigenvalue weighted by atomic mass is 9.48. The van der Waals surface area contributed by atoms with Gasteiger partial charge in [-0.05, 0) is 98.9 Å². The summed E-state index contributed by atoms with van der Waals surface area (Å²) in [5, 5.41) is 22.8. The molecule has 0 spiro atoms. The SMILES string of the molecule is C=CCN1CC[C@]23CC(N(C)C(=O)CCc4ccc(C)c(C)c4)CC[C@@]2(O)[C@H]1Cc1ccc(O)cc13. The number of amides is 1. The van der Waals surface area contributed by atoms with Gasteiger partial charge < -0.3 is 15.1 Å². The van der Waals surface area contributed by atoms with Crippen LogP contribution in [0.5, 0.6) is 5.75 Å². The van der Waals surface area contributed by atoms with Gasteiger partial charge in [0.05, 0.1) is 5.60 Å². The van der Waals surface area contributed by atoms with Gasteiger partial charge in [0, 0.05) is 37.5 Å². The Morgan fingerprint density at radius 3 is 2.75 bits per heavy atom. The van der Waals surface area contributed by atoms with E-state index in [2.05, 4.69) is 43.5 Å². The molecule has 2 bridgehead atoms. The number of fused-ring (bicyclic) bond motifs is 1. The summed E-state index contributed by atoms with van der Waals surface area (Å²) in [5.74, 6) is 0.407. The van der Waals surface area contributed by atoms with Crippen molar-refractivity contribution < 1.29 is 15.0 Å². The molecule has 1 amide bonds. The summed E-state index contributed by atoms with van der Waals surface area (Å²) in [5.41, 5.74) is 4.68. The van der Waals surface area contributed by atoms with Crippen LogP contribution < -0.4 is 0 Å². The maximum atomic E-state index is 13.3. The molecule has 192 valence electrons. The zero-order valence-corrected chi connectivity index (χ0v) is 22.0. The minimum absolute atomic E-state index is 0.0213. The zero-order valence-electron chi connectivity index (χ0n) is 22.0. The van der Waals surface area contributed by atoms with E-state index in [1.165, 1.54) is 22.3 Å². The summed E-state index contributed by atoms with van der Waals surface area (Å²) < 4.78 is 0. The molecule has 1 saturated carbocycles. The van der Waals surface area contributed by atoms with Gasteiger partial charge >= 0.3 is 0 Å². The topological polar surface area (TPSA) is 64.0 Å². The first-order valence-electron chi connectivity index (χ1n) is 13.4. The second-order valence-electron chi connectivity index (χ2n) is 11.4. The fourth-order valence-electron chi connectivity index (χ4n) is 7.38. The lowest BCUT2D eigenvalue weighted by Gasteiger charge is -2.65. The first-order valence-corrected chi connectivity index (χ1v) is 13.4. The smallest absolute Gasteiger partial charge is 0.222 e. The predicted octanol–water partition coefficient (Wildman–Crippen LogP) is 4.44. The molecular weight excluding hydrogens is 448 g/mol. The van der Waals surface area contributed by atoms with Crippen molar-refractivity contribution in [3.8, 4) is 5.75 Å². The Labute approximate surface area is 215 Å². The van der Waals surface area contributed by atoms with Gasteiger partial charge in [0.25, 0.3) is 0 Å². The maximum absolute atomic E-state index is 13.3. The van der Waals surface area contributed by atoms with Gasteiger partial charge in [-0.25, -0.2) is 0 Å². The van der Waals surface area contributed by atoms with Crippen LogP contribution in [0.25, 0.3) is 0 Å². The lowest BCUT2D eigenvalue weighted by molar-refractivity contribution is -0.176. The zero-order chi connectivity index (χ0) is 25.7. The van der Waals surface area contributed by atoms with Crippen LogP contribution in [0, 0.1) is 13.8 Å². The Hall–Kier alpha value is -2.63. The molecule has 1 heterocycles. The van der Waals surface area contributed by atoms with Crippen molar-refractivity contribution in [3.63, 3.8) is 0 Å². The molecule has 2 aliphatic carbocycles. The maximum Gasteiger partial charge on any atom is 0.222 e. The number of likely N-dealkylation sites (tertiary alicyclic amines) is 1. The van der Waals surface area contributed by atoms with Crippen molar-refractivity contribution in [1.82, 2.24) is 9.80 Å². The summed E-state index contributed by atoms with van der Waals surface area (Å²) in [7, 11) is 1.94. The first kappa shape index (κ1) is 25.0. The third kappa shape index (κ3) is 3.97. The Kier molecular flexibility index (Phi) is 6.50. The molecule has 1 aliphatic heterocycles. The average molecular weight is 489 g/mol. The van der Waals surface area contributed by atoms with Crippen molar-refractivity contribution in [2.75, 3.05) is 20.1 Å². The Bertz CT molecular complexity index is 1180. The number of aliphatic hydroxyl groups is 1. The summed E-state index contributed by atoms with van der Waals surface area (Å²) in [4.78, 5) is 17.6. The Morgan fingerprint density at radius 1 is 1.19 bits per heavy atom. The van der Waals surface area contributed by atoms with Gasteiger partial charge in [-0.3, -0.25) is 9.69 Å². The molecule has 2 N–H and O–H groups in total. The number of phenols is 1. The minimum atomic E-state index is -0.880. The summed E-state index contributed by atoms with van der Waals surface area (Å²) in [6, 6.07) is 12.2. The van der Waals surface area contributed by atoms with Crippen LogP contribution in [0.15, 0.2) is 49.1 Å². The van der Waals surface area contributed by atoms with Crippen LogP contribution in [0.1, 0.15) is 59.9 Å². The molecule has 0 radical (unpaired) electrons. The monoisotopic (exact) mass is 488 g/mol. The van der Waals surface area contributed by atoms with Crippen molar-refractivity contribution in [2.24, 2.45) is 0 Å². The summed E-state index contributed by atoms with van der Waals surface area (Å²) in [6.45, 7) is 9.81. The van der Waals surface area contributed by atoms with E-state index >= 15 is 0 Å². The Morgan fingerprint density at radius 2 is 2.00 bits per heavy atom. The van der Waals surface area contributed by atoms with Crippen LogP contribution in [0.3, 0.4) is 0 Å². The number of carbonyl (C=O) groups excluding carboxylic acids is 1. The molecule has 0 aromatic heterocycles. The van der Waals surface area contributed by atoms with Crippen LogP contribution in [0.4, 0.5) is 0 Å². The highest BCUT2D eigenvalue weighted by Crippen LogP contribution is 2.59.